The number of ether oxygens (including phenoxy) is 2. The number of phosphoric acid groups is 1. The van der Waals surface area contributed by atoms with Gasteiger partial charge in [0.2, 0.25) is 0 Å². The molecule has 0 aromatic rings. The van der Waals surface area contributed by atoms with Crippen LogP contribution in [0.15, 0.2) is 134 Å². The van der Waals surface area contributed by atoms with Crippen LogP contribution >= 0.6 is 7.82 Å². The Morgan fingerprint density at radius 2 is 1.14 bits per heavy atom. The highest BCUT2D eigenvalue weighted by Crippen LogP contribution is 2.38. The van der Waals surface area contributed by atoms with Crippen LogP contribution < -0.4 is 4.89 Å². The Hall–Kier alpha value is -3.93. The molecule has 11 nitrogen and oxygen atoms in total. The smallest absolute Gasteiger partial charge is 0.306 e. The predicted octanol–water partition coefficient (Wildman–Crippen LogP) is 10.8. The molecule has 0 amide bonds. The first-order valence-electron chi connectivity index (χ1n) is 23.1. The topological polar surface area (TPSA) is 152 Å². The zero-order valence-electron chi connectivity index (χ0n) is 39.6. The molecule has 1 unspecified atom stereocenters. The quantitative estimate of drug-likeness (QED) is 0.0152. The minimum Gasteiger partial charge on any atom is -0.756 e. The van der Waals surface area contributed by atoms with Crippen molar-refractivity contribution in [2.24, 2.45) is 0 Å². The van der Waals surface area contributed by atoms with Crippen LogP contribution in [0.4, 0.5) is 0 Å². The fraction of sp³-hybridized carbons (Fsp3) is 0.538. The number of aliphatic hydroxyl groups is 2. The summed E-state index contributed by atoms with van der Waals surface area (Å²) < 4.78 is 33.7. The number of carbonyl (C=O) groups excluding carboxylic acids is 2. The van der Waals surface area contributed by atoms with Gasteiger partial charge in [-0.1, -0.05) is 154 Å². The Labute approximate surface area is 386 Å². The van der Waals surface area contributed by atoms with E-state index < -0.39 is 44.7 Å². The van der Waals surface area contributed by atoms with E-state index in [9.17, 15) is 29.3 Å². The van der Waals surface area contributed by atoms with E-state index in [4.69, 9.17) is 18.5 Å². The van der Waals surface area contributed by atoms with Gasteiger partial charge in [0.15, 0.2) is 6.10 Å². The Morgan fingerprint density at radius 3 is 1.77 bits per heavy atom. The van der Waals surface area contributed by atoms with Crippen molar-refractivity contribution in [3.05, 3.63) is 134 Å². The standard InChI is InChI=1S/C52H82NO10P/c1-6-8-10-11-12-13-14-15-16-17-18-19-20-21-22-23-27-30-36-42-51(56)60-46-50(47-62-64(58,59)61-45-44-53(3,4)5)63-52(57)43-37-31-35-41-49(55)40-34-29-26-24-25-28-33-39-48(54)38-32-9-7-2/h8-10,12-13,15-16,18-19,21-22,25-26,28-29,32-35,39-41,48-50,54-55H,6-7,11,14,17,20,23-24,27,30-31,36-38,42-47H2,1-5H3/b10-8-,13-12-,16-15-,19-18-,22-21-,28-25-,29-26-,32-9-,39-33+,40-34+,41-35-/t48-,49-,50+/m0/s1. The van der Waals surface area contributed by atoms with Crippen molar-refractivity contribution in [1.29, 1.82) is 0 Å². The summed E-state index contributed by atoms with van der Waals surface area (Å²) in [6, 6.07) is 0. The molecular formula is C52H82NO10P. The van der Waals surface area contributed by atoms with E-state index in [0.29, 0.717) is 43.1 Å². The molecule has 0 aliphatic carbocycles. The van der Waals surface area contributed by atoms with Crippen LogP contribution in [0, 0.1) is 0 Å². The first-order valence-corrected chi connectivity index (χ1v) is 24.6. The molecule has 0 aliphatic rings. The van der Waals surface area contributed by atoms with Gasteiger partial charge in [-0.05, 0) is 83.5 Å². The first-order chi connectivity index (χ1) is 30.8. The van der Waals surface area contributed by atoms with E-state index in [1.165, 1.54) is 0 Å². The fourth-order valence-corrected chi connectivity index (χ4v) is 5.97. The van der Waals surface area contributed by atoms with Crippen LogP contribution in [0.1, 0.15) is 117 Å². The number of carbonyl (C=O) groups is 2. The number of allylic oxidation sites excluding steroid dienone is 18. The summed E-state index contributed by atoms with van der Waals surface area (Å²) in [6.07, 6.45) is 52.7. The fourth-order valence-electron chi connectivity index (χ4n) is 5.24. The van der Waals surface area contributed by atoms with Gasteiger partial charge in [0.05, 0.1) is 40.0 Å². The van der Waals surface area contributed by atoms with Crippen LogP contribution in [-0.2, 0) is 32.7 Å². The monoisotopic (exact) mass is 912 g/mol. The maximum Gasteiger partial charge on any atom is 0.306 e. The molecule has 360 valence electrons. The zero-order valence-corrected chi connectivity index (χ0v) is 40.5. The molecule has 0 radical (unpaired) electrons. The molecule has 0 aromatic carbocycles. The lowest BCUT2D eigenvalue weighted by molar-refractivity contribution is -0.870. The maximum atomic E-state index is 12.7. The maximum absolute atomic E-state index is 12.7. The summed E-state index contributed by atoms with van der Waals surface area (Å²) in [6.45, 7) is 3.62. The molecule has 0 spiro atoms. The molecule has 12 heteroatoms. The summed E-state index contributed by atoms with van der Waals surface area (Å²) in [7, 11) is 0.988. The molecule has 0 aliphatic heterocycles. The number of esters is 2. The third kappa shape index (κ3) is 44.7. The van der Waals surface area contributed by atoms with E-state index in [-0.39, 0.29) is 26.1 Å². The summed E-state index contributed by atoms with van der Waals surface area (Å²) in [4.78, 5) is 37.6. The van der Waals surface area contributed by atoms with E-state index >= 15 is 0 Å². The first kappa shape index (κ1) is 60.1. The number of nitrogens with zero attached hydrogens (tertiary/aromatic N) is 1. The van der Waals surface area contributed by atoms with E-state index in [2.05, 4.69) is 74.6 Å². The number of aliphatic hydroxyl groups excluding tert-OH is 2. The highest BCUT2D eigenvalue weighted by atomic mass is 31.2. The molecule has 2 N–H and O–H groups in total. The van der Waals surface area contributed by atoms with Crippen LogP contribution in [0.2, 0.25) is 0 Å². The average Bonchev–Trinajstić information content (AvgIpc) is 3.24. The number of hydrogen-bond acceptors (Lipinski definition) is 10. The summed E-state index contributed by atoms with van der Waals surface area (Å²) in [5, 5.41) is 20.1. The van der Waals surface area contributed by atoms with Gasteiger partial charge in [-0.2, -0.15) is 0 Å². The van der Waals surface area contributed by atoms with E-state index in [1.54, 1.807) is 30.4 Å². The number of likely N-dealkylation sites (N-methyl/N-ethyl adjacent to an activating group) is 1. The number of unbranched alkanes of at least 4 members (excludes halogenated alkanes) is 4. The second kappa shape index (κ2) is 41.8. The van der Waals surface area contributed by atoms with Crippen molar-refractivity contribution < 1.29 is 52.3 Å². The highest BCUT2D eigenvalue weighted by molar-refractivity contribution is 7.45. The SMILES string of the molecule is CC/C=C\C/C=C\C/C=C\C/C=C\C/C=C\CCCCCC(=O)OC[C@H](COP(=O)([O-])OCC[N+](C)(C)C)OC(=O)CCC/C=C\[C@@H](O)/C=C/C=C\C/C=C\C=C\[C@@H](O)C/C=C\CC. The largest absolute Gasteiger partial charge is 0.756 e. The third-order valence-electron chi connectivity index (χ3n) is 8.84. The van der Waals surface area contributed by atoms with Crippen molar-refractivity contribution >= 4 is 19.8 Å². The van der Waals surface area contributed by atoms with Crippen molar-refractivity contribution in [2.75, 3.05) is 47.5 Å². The van der Waals surface area contributed by atoms with Gasteiger partial charge in [0.25, 0.3) is 7.82 Å². The molecule has 0 aromatic heterocycles. The van der Waals surface area contributed by atoms with Gasteiger partial charge in [-0.15, -0.1) is 0 Å². The molecule has 4 atom stereocenters. The number of phosphoric ester groups is 1. The number of hydrogen-bond donors (Lipinski definition) is 2. The molecular weight excluding hydrogens is 830 g/mol. The third-order valence-corrected chi connectivity index (χ3v) is 9.80. The van der Waals surface area contributed by atoms with Gasteiger partial charge in [0.1, 0.15) is 19.8 Å². The van der Waals surface area contributed by atoms with Gasteiger partial charge in [-0.25, -0.2) is 0 Å². The predicted molar refractivity (Wildman–Crippen MR) is 261 cm³/mol. The lowest BCUT2D eigenvalue weighted by Crippen LogP contribution is -2.37. The van der Waals surface area contributed by atoms with Gasteiger partial charge in [0, 0.05) is 12.8 Å². The van der Waals surface area contributed by atoms with E-state index in [1.807, 2.05) is 63.7 Å². The van der Waals surface area contributed by atoms with Crippen LogP contribution in [0.25, 0.3) is 0 Å². The van der Waals surface area contributed by atoms with Gasteiger partial charge in [-0.3, -0.25) is 14.2 Å². The van der Waals surface area contributed by atoms with Crippen molar-refractivity contribution in [3.63, 3.8) is 0 Å². The summed E-state index contributed by atoms with van der Waals surface area (Å²) in [5.41, 5.74) is 0. The molecule has 0 saturated carbocycles. The second-order valence-corrected chi connectivity index (χ2v) is 17.5. The summed E-state index contributed by atoms with van der Waals surface area (Å²) >= 11 is 0. The van der Waals surface area contributed by atoms with Crippen LogP contribution in [-0.4, -0.2) is 92.5 Å². The summed E-state index contributed by atoms with van der Waals surface area (Å²) in [5.74, 6) is -1.07. The number of rotatable bonds is 39. The molecule has 0 rings (SSSR count). The molecule has 64 heavy (non-hydrogen) atoms. The number of quaternary nitrogens is 1. The van der Waals surface area contributed by atoms with Crippen LogP contribution in [0.3, 0.4) is 0 Å². The van der Waals surface area contributed by atoms with Crippen molar-refractivity contribution in [2.45, 2.75) is 135 Å². The van der Waals surface area contributed by atoms with E-state index in [0.717, 1.165) is 57.8 Å². The minimum absolute atomic E-state index is 0.0218. The van der Waals surface area contributed by atoms with Gasteiger partial charge >= 0.3 is 11.9 Å². The Kier molecular flexibility index (Phi) is 39.2. The highest BCUT2D eigenvalue weighted by Gasteiger charge is 2.21. The molecule has 0 fully saturated rings. The zero-order chi connectivity index (χ0) is 47.4. The molecule has 0 bridgehead atoms. The Bertz CT molecular complexity index is 1580. The Balaban J connectivity index is 4.67. The Morgan fingerprint density at radius 1 is 0.594 bits per heavy atom. The molecule has 0 heterocycles. The minimum atomic E-state index is -4.70. The lowest BCUT2D eigenvalue weighted by atomic mass is 10.1. The van der Waals surface area contributed by atoms with Crippen molar-refractivity contribution in [3.8, 4) is 0 Å². The normalized spacial score (nSPS) is 15.7. The average molecular weight is 912 g/mol. The van der Waals surface area contributed by atoms with Crippen molar-refractivity contribution in [1.82, 2.24) is 0 Å². The second-order valence-electron chi connectivity index (χ2n) is 16.0. The van der Waals surface area contributed by atoms with Gasteiger partial charge < -0.3 is 38.1 Å². The lowest BCUT2D eigenvalue weighted by Gasteiger charge is -2.28. The van der Waals surface area contributed by atoms with Crippen LogP contribution in [0.5, 0.6) is 0 Å². The molecule has 0 saturated heterocycles.